The van der Waals surface area contributed by atoms with Crippen molar-refractivity contribution >= 4 is 5.84 Å². The molecule has 0 radical (unpaired) electrons. The molecule has 0 aliphatic carbocycles. The first kappa shape index (κ1) is 7.33. The highest BCUT2D eigenvalue weighted by molar-refractivity contribution is 5.94. The van der Waals surface area contributed by atoms with Gasteiger partial charge in [0.25, 0.3) is 5.56 Å². The molecule has 0 atom stereocenters. The third-order valence-corrected chi connectivity index (χ3v) is 1.21. The Morgan fingerprint density at radius 2 is 2.36 bits per heavy atom. The summed E-state index contributed by atoms with van der Waals surface area (Å²) >= 11 is 0. The molecule has 0 aromatic carbocycles. The Hall–Kier alpha value is -1.78. The summed E-state index contributed by atoms with van der Waals surface area (Å²) in [6.45, 7) is 0. The minimum atomic E-state index is -0.599. The molecule has 0 bridgehead atoms. The van der Waals surface area contributed by atoms with Crippen LogP contribution in [-0.4, -0.2) is 15.8 Å². The zero-order chi connectivity index (χ0) is 8.43. The number of rotatable bonds is 1. The minimum Gasteiger partial charge on any atom is -0.425 e. The Morgan fingerprint density at radius 3 is 2.82 bits per heavy atom. The van der Waals surface area contributed by atoms with E-state index in [1.165, 1.54) is 6.07 Å². The van der Waals surface area contributed by atoms with Crippen molar-refractivity contribution in [1.82, 2.24) is 4.73 Å². The van der Waals surface area contributed by atoms with Crippen LogP contribution in [0, 0.1) is 5.41 Å². The Labute approximate surface area is 62.2 Å². The number of nitrogens with zero attached hydrogens (tertiary/aromatic N) is 1. The second-order valence-corrected chi connectivity index (χ2v) is 2.01. The van der Waals surface area contributed by atoms with Gasteiger partial charge in [0.1, 0.15) is 5.84 Å². The zero-order valence-electron chi connectivity index (χ0n) is 5.61. The molecular formula is C6H7N3O2. The van der Waals surface area contributed by atoms with Crippen molar-refractivity contribution in [3.8, 4) is 0 Å². The van der Waals surface area contributed by atoms with Crippen LogP contribution in [0.1, 0.15) is 5.56 Å². The molecule has 5 heteroatoms. The number of pyridine rings is 1. The number of hydrogen-bond donors (Lipinski definition) is 3. The van der Waals surface area contributed by atoms with E-state index in [9.17, 15) is 4.79 Å². The number of aromatic nitrogens is 1. The van der Waals surface area contributed by atoms with Crippen molar-refractivity contribution in [3.63, 3.8) is 0 Å². The maximum Gasteiger partial charge on any atom is 0.283 e. The van der Waals surface area contributed by atoms with Crippen LogP contribution >= 0.6 is 0 Å². The number of hydrogen-bond acceptors (Lipinski definition) is 3. The van der Waals surface area contributed by atoms with Crippen molar-refractivity contribution in [2.45, 2.75) is 0 Å². The van der Waals surface area contributed by atoms with Gasteiger partial charge in [0.2, 0.25) is 0 Å². The second kappa shape index (κ2) is 2.45. The fourth-order valence-electron chi connectivity index (χ4n) is 0.639. The average molecular weight is 153 g/mol. The molecular weight excluding hydrogens is 146 g/mol. The maximum absolute atomic E-state index is 10.7. The first-order valence-electron chi connectivity index (χ1n) is 2.87. The van der Waals surface area contributed by atoms with Crippen molar-refractivity contribution in [1.29, 1.82) is 5.41 Å². The summed E-state index contributed by atoms with van der Waals surface area (Å²) in [7, 11) is 0. The lowest BCUT2D eigenvalue weighted by molar-refractivity contribution is 0.175. The van der Waals surface area contributed by atoms with Gasteiger partial charge in [0.15, 0.2) is 0 Å². The summed E-state index contributed by atoms with van der Waals surface area (Å²) < 4.78 is 0.423. The van der Waals surface area contributed by atoms with E-state index in [0.717, 1.165) is 12.3 Å². The van der Waals surface area contributed by atoms with Gasteiger partial charge in [-0.25, -0.2) is 0 Å². The van der Waals surface area contributed by atoms with Crippen LogP contribution in [0.4, 0.5) is 0 Å². The highest BCUT2D eigenvalue weighted by Crippen LogP contribution is 1.90. The van der Waals surface area contributed by atoms with E-state index in [4.69, 9.17) is 16.4 Å². The summed E-state index contributed by atoms with van der Waals surface area (Å²) in [6.07, 6.45) is 1.14. The Kier molecular flexibility index (Phi) is 1.63. The molecule has 5 nitrogen and oxygen atoms in total. The van der Waals surface area contributed by atoms with E-state index in [1.54, 1.807) is 0 Å². The SMILES string of the molecule is N=C(N)c1ccn(O)c(=O)c1. The van der Waals surface area contributed by atoms with Gasteiger partial charge < -0.3 is 10.9 Å². The lowest BCUT2D eigenvalue weighted by Crippen LogP contribution is -2.20. The zero-order valence-corrected chi connectivity index (χ0v) is 5.61. The van der Waals surface area contributed by atoms with Crippen LogP contribution in [0.5, 0.6) is 0 Å². The van der Waals surface area contributed by atoms with Crippen molar-refractivity contribution in [2.75, 3.05) is 0 Å². The Balaban J connectivity index is 3.26. The van der Waals surface area contributed by atoms with E-state index >= 15 is 0 Å². The average Bonchev–Trinajstić information content (AvgIpc) is 1.94. The highest BCUT2D eigenvalue weighted by atomic mass is 16.5. The molecule has 1 rings (SSSR count). The van der Waals surface area contributed by atoms with Gasteiger partial charge in [0.05, 0.1) is 0 Å². The fourth-order valence-corrected chi connectivity index (χ4v) is 0.639. The number of nitrogens with one attached hydrogen (secondary N) is 1. The molecule has 0 saturated carbocycles. The lowest BCUT2D eigenvalue weighted by Gasteiger charge is -1.97. The van der Waals surface area contributed by atoms with Gasteiger partial charge in [-0.2, -0.15) is 4.73 Å². The summed E-state index contributed by atoms with van der Waals surface area (Å²) in [5.41, 5.74) is 4.79. The topological polar surface area (TPSA) is 92.1 Å². The number of amidine groups is 1. The van der Waals surface area contributed by atoms with Crippen LogP contribution in [-0.2, 0) is 0 Å². The first-order valence-corrected chi connectivity index (χ1v) is 2.87. The second-order valence-electron chi connectivity index (χ2n) is 2.01. The van der Waals surface area contributed by atoms with Gasteiger partial charge in [0, 0.05) is 17.8 Å². The number of nitrogens with two attached hydrogens (primary N) is 1. The van der Waals surface area contributed by atoms with Gasteiger partial charge in [-0.15, -0.1) is 0 Å². The Morgan fingerprint density at radius 1 is 1.73 bits per heavy atom. The molecule has 0 amide bonds. The third-order valence-electron chi connectivity index (χ3n) is 1.21. The van der Waals surface area contributed by atoms with Crippen LogP contribution in [0.2, 0.25) is 0 Å². The van der Waals surface area contributed by atoms with E-state index in [-0.39, 0.29) is 5.84 Å². The molecule has 0 aliphatic rings. The minimum absolute atomic E-state index is 0.192. The molecule has 4 N–H and O–H groups in total. The molecule has 0 spiro atoms. The van der Waals surface area contributed by atoms with E-state index in [2.05, 4.69) is 0 Å². The molecule has 0 saturated heterocycles. The normalized spacial score (nSPS) is 9.45. The van der Waals surface area contributed by atoms with Crippen LogP contribution < -0.4 is 11.3 Å². The molecule has 1 heterocycles. The van der Waals surface area contributed by atoms with Crippen LogP contribution in [0.15, 0.2) is 23.1 Å². The standard InChI is InChI=1S/C6H7N3O2/c7-6(8)4-1-2-9(11)5(10)3-4/h1-3,11H,(H3,7,8). The quantitative estimate of drug-likeness (QED) is 0.285. The van der Waals surface area contributed by atoms with E-state index < -0.39 is 5.56 Å². The number of nitrogen functional groups attached to an aromatic ring is 1. The van der Waals surface area contributed by atoms with Gasteiger partial charge in [-0.05, 0) is 6.07 Å². The first-order chi connectivity index (χ1) is 5.11. The van der Waals surface area contributed by atoms with Crippen LogP contribution in [0.25, 0.3) is 0 Å². The monoisotopic (exact) mass is 153 g/mol. The van der Waals surface area contributed by atoms with Gasteiger partial charge in [-0.3, -0.25) is 10.2 Å². The predicted octanol–water partition coefficient (Wildman–Crippen LogP) is -0.630. The summed E-state index contributed by atoms with van der Waals surface area (Å²) in [5.74, 6) is -0.192. The molecule has 0 unspecified atom stereocenters. The summed E-state index contributed by atoms with van der Waals surface area (Å²) in [4.78, 5) is 10.7. The fraction of sp³-hybridized carbons (Fsp3) is 0. The molecule has 11 heavy (non-hydrogen) atoms. The summed E-state index contributed by atoms with van der Waals surface area (Å²) in [6, 6.07) is 2.46. The predicted molar refractivity (Wildman–Crippen MR) is 38.9 cm³/mol. The Bertz CT molecular complexity index is 342. The van der Waals surface area contributed by atoms with Gasteiger partial charge >= 0.3 is 0 Å². The largest absolute Gasteiger partial charge is 0.425 e. The summed E-state index contributed by atoms with van der Waals surface area (Å²) in [5, 5.41) is 15.7. The van der Waals surface area contributed by atoms with Crippen LogP contribution in [0.3, 0.4) is 0 Å². The van der Waals surface area contributed by atoms with Crippen molar-refractivity contribution in [3.05, 3.63) is 34.2 Å². The van der Waals surface area contributed by atoms with Crippen molar-refractivity contribution < 1.29 is 5.21 Å². The molecule has 0 aliphatic heterocycles. The smallest absolute Gasteiger partial charge is 0.283 e. The highest BCUT2D eigenvalue weighted by Gasteiger charge is 1.97. The van der Waals surface area contributed by atoms with Gasteiger partial charge in [-0.1, -0.05) is 0 Å². The molecule has 0 fully saturated rings. The maximum atomic E-state index is 10.7. The van der Waals surface area contributed by atoms with E-state index in [0.29, 0.717) is 10.3 Å². The third kappa shape index (κ3) is 1.37. The lowest BCUT2D eigenvalue weighted by atomic mass is 10.2. The molecule has 58 valence electrons. The van der Waals surface area contributed by atoms with E-state index in [1.807, 2.05) is 0 Å². The molecule has 1 aromatic heterocycles. The van der Waals surface area contributed by atoms with Crippen molar-refractivity contribution in [2.24, 2.45) is 5.73 Å². The molecule has 1 aromatic rings.